The Bertz CT molecular complexity index is 736. The number of hydrogen-bond acceptors (Lipinski definition) is 4. The van der Waals surface area contributed by atoms with Gasteiger partial charge < -0.3 is 14.8 Å². The molecule has 0 radical (unpaired) electrons. The van der Waals surface area contributed by atoms with Crippen LogP contribution in [0.1, 0.15) is 12.0 Å². The molecule has 0 unspecified atom stereocenters. The molecule has 0 spiro atoms. The van der Waals surface area contributed by atoms with E-state index in [-0.39, 0.29) is 11.8 Å². The Morgan fingerprint density at radius 3 is 2.42 bits per heavy atom. The van der Waals surface area contributed by atoms with Crippen LogP contribution in [0.15, 0.2) is 54.6 Å². The minimum Gasteiger partial charge on any atom is -0.467 e. The Kier molecular flexibility index (Phi) is 6.02. The Balaban J connectivity index is 1.68. The highest BCUT2D eigenvalue weighted by atomic mass is 16.5. The molecule has 2 atom stereocenters. The molecule has 136 valence electrons. The van der Waals surface area contributed by atoms with Crippen molar-refractivity contribution >= 4 is 11.9 Å². The summed E-state index contributed by atoms with van der Waals surface area (Å²) in [6.07, 6.45) is 1.08. The Morgan fingerprint density at radius 1 is 1.12 bits per heavy atom. The number of rotatable bonds is 6. The molecule has 1 aliphatic rings. The number of methoxy groups -OCH3 is 1. The van der Waals surface area contributed by atoms with E-state index in [0.29, 0.717) is 26.1 Å². The lowest BCUT2D eigenvalue weighted by molar-refractivity contribution is -0.145. The molecule has 5 heteroatoms. The quantitative estimate of drug-likeness (QED) is 0.811. The zero-order valence-corrected chi connectivity index (χ0v) is 14.8. The van der Waals surface area contributed by atoms with Gasteiger partial charge in [-0.05, 0) is 23.1 Å². The summed E-state index contributed by atoms with van der Waals surface area (Å²) in [5, 5.41) is 2.81. The Morgan fingerprint density at radius 2 is 1.81 bits per heavy atom. The molecule has 5 nitrogen and oxygen atoms in total. The maximum absolute atomic E-state index is 12.3. The van der Waals surface area contributed by atoms with Crippen molar-refractivity contribution in [3.8, 4) is 11.1 Å². The highest BCUT2D eigenvalue weighted by Crippen LogP contribution is 2.20. The van der Waals surface area contributed by atoms with Crippen LogP contribution in [0.4, 0.5) is 0 Å². The molecule has 0 aromatic heterocycles. The molecule has 0 aliphatic carbocycles. The van der Waals surface area contributed by atoms with E-state index in [9.17, 15) is 9.59 Å². The summed E-state index contributed by atoms with van der Waals surface area (Å²) in [6, 6.07) is 17.4. The first-order valence-corrected chi connectivity index (χ1v) is 8.77. The summed E-state index contributed by atoms with van der Waals surface area (Å²) >= 11 is 0. The van der Waals surface area contributed by atoms with Crippen LogP contribution in [0.2, 0.25) is 0 Å². The molecule has 1 N–H and O–H groups in total. The average Bonchev–Trinajstić information content (AvgIpc) is 3.23. The van der Waals surface area contributed by atoms with Crippen LogP contribution in [-0.4, -0.2) is 38.2 Å². The molecule has 0 saturated carbocycles. The van der Waals surface area contributed by atoms with Crippen LogP contribution >= 0.6 is 0 Å². The minimum atomic E-state index is -0.698. The lowest BCUT2D eigenvalue weighted by Crippen LogP contribution is -2.45. The summed E-state index contributed by atoms with van der Waals surface area (Å²) in [5.41, 5.74) is 3.21. The van der Waals surface area contributed by atoms with Gasteiger partial charge in [-0.25, -0.2) is 4.79 Å². The van der Waals surface area contributed by atoms with Crippen molar-refractivity contribution in [1.82, 2.24) is 5.32 Å². The lowest BCUT2D eigenvalue weighted by Gasteiger charge is -2.18. The molecule has 0 bridgehead atoms. The van der Waals surface area contributed by atoms with Gasteiger partial charge in [0.25, 0.3) is 0 Å². The Hall–Kier alpha value is -2.66. The molecule has 3 rings (SSSR count). The molecular weight excluding hydrogens is 330 g/mol. The predicted octanol–water partition coefficient (Wildman–Crippen LogP) is 2.59. The summed E-state index contributed by atoms with van der Waals surface area (Å²) in [5.74, 6) is -0.786. The fraction of sp³-hybridized carbons (Fsp3) is 0.333. The molecule has 2 aromatic rings. The van der Waals surface area contributed by atoms with Gasteiger partial charge >= 0.3 is 5.97 Å². The van der Waals surface area contributed by atoms with Crippen LogP contribution in [0.25, 0.3) is 11.1 Å². The molecule has 1 fully saturated rings. The van der Waals surface area contributed by atoms with Crippen LogP contribution < -0.4 is 5.32 Å². The third-order valence-electron chi connectivity index (χ3n) is 4.60. The number of nitrogens with one attached hydrogen (secondary N) is 1. The van der Waals surface area contributed by atoms with Crippen molar-refractivity contribution in [2.45, 2.75) is 18.9 Å². The molecule has 26 heavy (non-hydrogen) atoms. The second-order valence-corrected chi connectivity index (χ2v) is 6.41. The molecule has 1 saturated heterocycles. The molecule has 2 aromatic carbocycles. The molecular formula is C21H23NO4. The van der Waals surface area contributed by atoms with E-state index in [2.05, 4.69) is 17.4 Å². The van der Waals surface area contributed by atoms with Gasteiger partial charge in [0.05, 0.1) is 19.6 Å². The topological polar surface area (TPSA) is 64.6 Å². The van der Waals surface area contributed by atoms with E-state index in [1.807, 2.05) is 42.5 Å². The summed E-state index contributed by atoms with van der Waals surface area (Å²) in [4.78, 5) is 24.4. The number of hydrogen-bond donors (Lipinski definition) is 1. The van der Waals surface area contributed by atoms with Gasteiger partial charge in [0.2, 0.25) is 5.91 Å². The van der Waals surface area contributed by atoms with Crippen LogP contribution in [-0.2, 0) is 25.5 Å². The monoisotopic (exact) mass is 353 g/mol. The SMILES string of the molecule is COC(=O)[C@H](Cc1ccc(-c2ccccc2)cc1)NC(=O)[C@@H]1CCOC1. The van der Waals surface area contributed by atoms with Crippen LogP contribution in [0.5, 0.6) is 0 Å². The fourth-order valence-electron chi connectivity index (χ4n) is 3.07. The summed E-state index contributed by atoms with van der Waals surface area (Å²) < 4.78 is 10.1. The summed E-state index contributed by atoms with van der Waals surface area (Å²) in [6.45, 7) is 0.993. The third kappa shape index (κ3) is 4.49. The first-order chi connectivity index (χ1) is 12.7. The number of amides is 1. The number of carbonyl (C=O) groups is 2. The van der Waals surface area contributed by atoms with Crippen molar-refractivity contribution in [3.63, 3.8) is 0 Å². The van der Waals surface area contributed by atoms with E-state index in [1.54, 1.807) is 0 Å². The summed E-state index contributed by atoms with van der Waals surface area (Å²) in [7, 11) is 1.33. The van der Waals surface area contributed by atoms with Gasteiger partial charge in [0.15, 0.2) is 0 Å². The standard InChI is InChI=1S/C21H23NO4/c1-25-21(24)19(22-20(23)18-11-12-26-14-18)13-15-7-9-17(10-8-15)16-5-3-2-4-6-16/h2-10,18-19H,11-14H2,1H3,(H,22,23)/t18-,19+/m1/s1. The Labute approximate surface area is 153 Å². The minimum absolute atomic E-state index is 0.154. The van der Waals surface area contributed by atoms with E-state index >= 15 is 0 Å². The largest absolute Gasteiger partial charge is 0.467 e. The highest BCUT2D eigenvalue weighted by molar-refractivity contribution is 5.86. The smallest absolute Gasteiger partial charge is 0.328 e. The first kappa shape index (κ1) is 18.1. The zero-order chi connectivity index (χ0) is 18.4. The van der Waals surface area contributed by atoms with Crippen molar-refractivity contribution in [1.29, 1.82) is 0 Å². The van der Waals surface area contributed by atoms with Gasteiger partial charge in [-0.2, -0.15) is 0 Å². The van der Waals surface area contributed by atoms with Gasteiger partial charge in [-0.15, -0.1) is 0 Å². The zero-order valence-electron chi connectivity index (χ0n) is 14.8. The molecule has 1 amide bonds. The number of ether oxygens (including phenoxy) is 2. The maximum Gasteiger partial charge on any atom is 0.328 e. The van der Waals surface area contributed by atoms with Gasteiger partial charge in [-0.3, -0.25) is 4.79 Å². The lowest BCUT2D eigenvalue weighted by atomic mass is 10.00. The van der Waals surface area contributed by atoms with Crippen molar-refractivity contribution in [2.75, 3.05) is 20.3 Å². The third-order valence-corrected chi connectivity index (χ3v) is 4.60. The average molecular weight is 353 g/mol. The number of esters is 1. The molecule has 1 aliphatic heterocycles. The van der Waals surface area contributed by atoms with E-state index in [4.69, 9.17) is 9.47 Å². The second-order valence-electron chi connectivity index (χ2n) is 6.41. The van der Waals surface area contributed by atoms with Crippen LogP contribution in [0.3, 0.4) is 0 Å². The van der Waals surface area contributed by atoms with Crippen LogP contribution in [0, 0.1) is 5.92 Å². The van der Waals surface area contributed by atoms with Gasteiger partial charge in [-0.1, -0.05) is 54.6 Å². The van der Waals surface area contributed by atoms with Crippen molar-refractivity contribution < 1.29 is 19.1 Å². The van der Waals surface area contributed by atoms with E-state index < -0.39 is 12.0 Å². The van der Waals surface area contributed by atoms with Gasteiger partial charge in [0, 0.05) is 13.0 Å². The first-order valence-electron chi connectivity index (χ1n) is 8.77. The van der Waals surface area contributed by atoms with Crippen molar-refractivity contribution in [2.24, 2.45) is 5.92 Å². The number of benzene rings is 2. The molecule has 1 heterocycles. The van der Waals surface area contributed by atoms with Crippen molar-refractivity contribution in [3.05, 3.63) is 60.2 Å². The maximum atomic E-state index is 12.3. The van der Waals surface area contributed by atoms with E-state index in [0.717, 1.165) is 16.7 Å². The number of carbonyl (C=O) groups excluding carboxylic acids is 2. The van der Waals surface area contributed by atoms with E-state index in [1.165, 1.54) is 7.11 Å². The van der Waals surface area contributed by atoms with Gasteiger partial charge in [0.1, 0.15) is 6.04 Å². The normalized spacial score (nSPS) is 17.5. The highest BCUT2D eigenvalue weighted by Gasteiger charge is 2.28. The predicted molar refractivity (Wildman–Crippen MR) is 98.5 cm³/mol. The fourth-order valence-corrected chi connectivity index (χ4v) is 3.07. The second kappa shape index (κ2) is 8.63.